The molecule has 3 rings (SSSR count). The summed E-state index contributed by atoms with van der Waals surface area (Å²) in [7, 11) is 0. The minimum atomic E-state index is -0.431. The topological polar surface area (TPSA) is 79.6 Å². The van der Waals surface area contributed by atoms with Gasteiger partial charge in [-0.05, 0) is 48.5 Å². The Balaban J connectivity index is 1.63. The molecular weight excluding hydrogens is 411 g/mol. The van der Waals surface area contributed by atoms with Crippen LogP contribution in [0.3, 0.4) is 0 Å². The molecule has 0 atom stereocenters. The first-order valence-corrected chi connectivity index (χ1v) is 9.47. The maximum absolute atomic E-state index is 12.5. The molecule has 9 heteroatoms. The maximum atomic E-state index is 12.5. The minimum absolute atomic E-state index is 0.0574. The van der Waals surface area contributed by atoms with Crippen molar-refractivity contribution in [3.8, 4) is 0 Å². The Bertz CT molecular complexity index is 955. The summed E-state index contributed by atoms with van der Waals surface area (Å²) < 4.78 is 5.10. The average Bonchev–Trinajstić information content (AvgIpc) is 3.15. The van der Waals surface area contributed by atoms with Crippen LogP contribution in [-0.2, 0) is 4.79 Å². The summed E-state index contributed by atoms with van der Waals surface area (Å²) in [5.41, 5.74) is 1.30. The molecule has 140 valence electrons. The lowest BCUT2D eigenvalue weighted by Gasteiger charge is -2.12. The van der Waals surface area contributed by atoms with Crippen molar-refractivity contribution in [1.29, 1.82) is 0 Å². The van der Waals surface area contributed by atoms with Crippen molar-refractivity contribution in [3.05, 3.63) is 62.4 Å². The highest BCUT2D eigenvalue weighted by Gasteiger charge is 2.34. The number of thioether (sulfide) groups is 1. The van der Waals surface area contributed by atoms with Gasteiger partial charge in [0, 0.05) is 28.7 Å². The third-order valence-corrected chi connectivity index (χ3v) is 5.28. The Morgan fingerprint density at radius 2 is 2.07 bits per heavy atom. The molecule has 1 fully saturated rings. The van der Waals surface area contributed by atoms with Gasteiger partial charge in [0.25, 0.3) is 17.1 Å². The number of imide groups is 1. The van der Waals surface area contributed by atoms with E-state index in [1.165, 1.54) is 6.26 Å². The van der Waals surface area contributed by atoms with Crippen molar-refractivity contribution in [2.75, 3.05) is 13.1 Å². The van der Waals surface area contributed by atoms with Gasteiger partial charge in [-0.1, -0.05) is 29.3 Å². The fourth-order valence-corrected chi connectivity index (χ4v) is 3.74. The van der Waals surface area contributed by atoms with Crippen LogP contribution in [0.2, 0.25) is 10.0 Å². The molecule has 1 aromatic carbocycles. The molecule has 1 saturated heterocycles. The van der Waals surface area contributed by atoms with Crippen LogP contribution in [0.15, 0.2) is 39.9 Å². The van der Waals surface area contributed by atoms with Gasteiger partial charge in [0.2, 0.25) is 0 Å². The molecule has 1 N–H and O–H groups in total. The summed E-state index contributed by atoms with van der Waals surface area (Å²) in [4.78, 5) is 37.9. The van der Waals surface area contributed by atoms with E-state index in [-0.39, 0.29) is 23.8 Å². The van der Waals surface area contributed by atoms with E-state index in [4.69, 9.17) is 27.6 Å². The van der Waals surface area contributed by atoms with E-state index in [0.717, 1.165) is 16.7 Å². The number of hydrogen-bond acceptors (Lipinski definition) is 5. The van der Waals surface area contributed by atoms with Gasteiger partial charge in [0.05, 0.1) is 11.2 Å². The molecule has 0 spiro atoms. The smallest absolute Gasteiger partial charge is 0.293 e. The highest BCUT2D eigenvalue weighted by Crippen LogP contribution is 2.33. The largest absolute Gasteiger partial charge is 0.459 e. The first-order valence-electron chi connectivity index (χ1n) is 7.89. The molecule has 6 nitrogen and oxygen atoms in total. The fraction of sp³-hybridized carbons (Fsp3) is 0.167. The van der Waals surface area contributed by atoms with E-state index in [2.05, 4.69) is 5.32 Å². The Labute approximate surface area is 169 Å². The number of nitrogens with zero attached hydrogens (tertiary/aromatic N) is 1. The number of carbonyl (C=O) groups excluding carboxylic acids is 3. The SMILES string of the molecule is Cc1ccoc1C(=O)NCCN1C(=O)SC(=Cc2ccc(Cl)cc2Cl)C1=O. The van der Waals surface area contributed by atoms with E-state index in [9.17, 15) is 14.4 Å². The molecule has 2 aromatic rings. The van der Waals surface area contributed by atoms with Crippen LogP contribution >= 0.6 is 35.0 Å². The summed E-state index contributed by atoms with van der Waals surface area (Å²) in [5, 5.41) is 3.09. The van der Waals surface area contributed by atoms with Crippen LogP contribution in [0.25, 0.3) is 6.08 Å². The van der Waals surface area contributed by atoms with Crippen LogP contribution in [0.1, 0.15) is 21.7 Å². The summed E-state index contributed by atoms with van der Waals surface area (Å²) in [6.45, 7) is 1.93. The monoisotopic (exact) mass is 424 g/mol. The summed E-state index contributed by atoms with van der Waals surface area (Å²) >= 11 is 12.8. The molecule has 0 bridgehead atoms. The number of hydrogen-bond donors (Lipinski definition) is 1. The number of benzene rings is 1. The zero-order valence-electron chi connectivity index (χ0n) is 14.1. The van der Waals surface area contributed by atoms with Gasteiger partial charge in [0.15, 0.2) is 5.76 Å². The second kappa shape index (κ2) is 8.21. The normalized spacial score (nSPS) is 15.7. The lowest BCUT2D eigenvalue weighted by molar-refractivity contribution is -0.122. The summed E-state index contributed by atoms with van der Waals surface area (Å²) in [6.07, 6.45) is 2.97. The van der Waals surface area contributed by atoms with Gasteiger partial charge in [-0.25, -0.2) is 0 Å². The lowest BCUT2D eigenvalue weighted by atomic mass is 10.2. The van der Waals surface area contributed by atoms with Crippen LogP contribution < -0.4 is 5.32 Å². The zero-order chi connectivity index (χ0) is 19.6. The van der Waals surface area contributed by atoms with Crippen molar-refractivity contribution in [2.24, 2.45) is 0 Å². The zero-order valence-corrected chi connectivity index (χ0v) is 16.5. The second-order valence-corrected chi connectivity index (χ2v) is 7.52. The van der Waals surface area contributed by atoms with Gasteiger partial charge in [0.1, 0.15) is 0 Å². The number of aryl methyl sites for hydroxylation is 1. The molecule has 1 aliphatic rings. The van der Waals surface area contributed by atoms with Gasteiger partial charge in [-0.2, -0.15) is 0 Å². The summed E-state index contributed by atoms with van der Waals surface area (Å²) in [5.74, 6) is -0.617. The van der Waals surface area contributed by atoms with Crippen LogP contribution in [0.5, 0.6) is 0 Å². The molecule has 27 heavy (non-hydrogen) atoms. The van der Waals surface area contributed by atoms with Gasteiger partial charge in [-0.3, -0.25) is 19.3 Å². The van der Waals surface area contributed by atoms with E-state index < -0.39 is 17.1 Å². The van der Waals surface area contributed by atoms with Crippen molar-refractivity contribution in [2.45, 2.75) is 6.92 Å². The van der Waals surface area contributed by atoms with Crippen LogP contribution in [0.4, 0.5) is 4.79 Å². The van der Waals surface area contributed by atoms with Crippen molar-refractivity contribution < 1.29 is 18.8 Å². The Hall–Kier alpha value is -2.22. The molecule has 0 unspecified atom stereocenters. The van der Waals surface area contributed by atoms with Crippen molar-refractivity contribution in [3.63, 3.8) is 0 Å². The molecule has 0 aliphatic carbocycles. The van der Waals surface area contributed by atoms with Crippen molar-refractivity contribution >= 4 is 58.1 Å². The number of amides is 3. The predicted molar refractivity (Wildman–Crippen MR) is 105 cm³/mol. The average molecular weight is 425 g/mol. The predicted octanol–water partition coefficient (Wildman–Crippen LogP) is 4.36. The Morgan fingerprint density at radius 3 is 2.74 bits per heavy atom. The van der Waals surface area contributed by atoms with E-state index >= 15 is 0 Å². The second-order valence-electron chi connectivity index (χ2n) is 5.69. The fourth-order valence-electron chi connectivity index (χ4n) is 2.42. The third-order valence-electron chi connectivity index (χ3n) is 3.81. The molecule has 0 radical (unpaired) electrons. The highest BCUT2D eigenvalue weighted by molar-refractivity contribution is 8.18. The van der Waals surface area contributed by atoms with Crippen LogP contribution in [0, 0.1) is 6.92 Å². The highest BCUT2D eigenvalue weighted by atomic mass is 35.5. The minimum Gasteiger partial charge on any atom is -0.459 e. The van der Waals surface area contributed by atoms with Crippen molar-refractivity contribution in [1.82, 2.24) is 10.2 Å². The molecule has 3 amide bonds. The number of rotatable bonds is 5. The molecule has 1 aliphatic heterocycles. The lowest BCUT2D eigenvalue weighted by Crippen LogP contribution is -2.37. The summed E-state index contributed by atoms with van der Waals surface area (Å²) in [6, 6.07) is 6.56. The number of furan rings is 1. The quantitative estimate of drug-likeness (QED) is 0.721. The van der Waals surface area contributed by atoms with Crippen LogP contribution in [-0.4, -0.2) is 35.0 Å². The molecule has 0 saturated carbocycles. The first-order chi connectivity index (χ1) is 12.9. The van der Waals surface area contributed by atoms with Gasteiger partial charge < -0.3 is 9.73 Å². The molecular formula is C18H14Cl2N2O4S. The molecule has 1 aromatic heterocycles. The van der Waals surface area contributed by atoms with Gasteiger partial charge in [-0.15, -0.1) is 0 Å². The Morgan fingerprint density at radius 1 is 1.30 bits per heavy atom. The standard InChI is InChI=1S/C18H14Cl2N2O4S/c1-10-4-7-26-15(10)16(23)21-5-6-22-17(24)14(27-18(22)25)8-11-2-3-12(19)9-13(11)20/h2-4,7-9H,5-6H2,1H3,(H,21,23). The molecule has 2 heterocycles. The Kier molecular flexibility index (Phi) is 5.94. The van der Waals surface area contributed by atoms with E-state index in [1.54, 1.807) is 37.3 Å². The van der Waals surface area contributed by atoms with E-state index in [0.29, 0.717) is 21.2 Å². The van der Waals surface area contributed by atoms with E-state index in [1.807, 2.05) is 0 Å². The van der Waals surface area contributed by atoms with Gasteiger partial charge >= 0.3 is 0 Å². The first kappa shape index (κ1) is 19.5. The number of halogens is 2. The maximum Gasteiger partial charge on any atom is 0.293 e. The third kappa shape index (κ3) is 4.37. The number of nitrogens with one attached hydrogen (secondary N) is 1. The number of carbonyl (C=O) groups is 3.